The molecule has 4 fully saturated rings. The van der Waals surface area contributed by atoms with Crippen molar-refractivity contribution in [3.05, 3.63) is 23.7 Å². The lowest BCUT2D eigenvalue weighted by molar-refractivity contribution is -0.222. The van der Waals surface area contributed by atoms with Crippen LogP contribution in [0.15, 0.2) is 23.7 Å². The number of hydrogen-bond donors (Lipinski definition) is 1. The maximum atomic E-state index is 13.3. The van der Waals surface area contributed by atoms with Crippen molar-refractivity contribution in [1.82, 2.24) is 4.90 Å². The van der Waals surface area contributed by atoms with Gasteiger partial charge < -0.3 is 19.3 Å². The summed E-state index contributed by atoms with van der Waals surface area (Å²) in [5, 5.41) is 12.3. The van der Waals surface area contributed by atoms with Gasteiger partial charge in [0.2, 0.25) is 0 Å². The molecule has 0 aromatic rings. The molecule has 0 aromatic heterocycles. The molecule has 1 N–H and O–H groups in total. The fraction of sp³-hybridized carbons (Fsp3) is 0.812. The summed E-state index contributed by atoms with van der Waals surface area (Å²) < 4.78 is 17.5. The normalized spacial score (nSPS) is 35.0. The smallest absolute Gasteiger partial charge is 0.482 e. The zero-order valence-corrected chi connectivity index (χ0v) is 24.3. The number of ether oxygens (including phenoxy) is 3. The number of aliphatic hydroxyl groups is 1. The molecular weight excluding hydrogens is 494 g/mol. The first-order valence-electron chi connectivity index (χ1n) is 15.8. The van der Waals surface area contributed by atoms with Gasteiger partial charge in [-0.2, -0.15) is 0 Å². The van der Waals surface area contributed by atoms with Crippen molar-refractivity contribution >= 4 is 11.9 Å². The van der Waals surface area contributed by atoms with E-state index in [4.69, 9.17) is 14.2 Å². The lowest BCUT2D eigenvalue weighted by Gasteiger charge is -2.63. The van der Waals surface area contributed by atoms with E-state index in [9.17, 15) is 14.7 Å². The van der Waals surface area contributed by atoms with Crippen molar-refractivity contribution in [1.29, 1.82) is 0 Å². The Morgan fingerprint density at radius 2 is 1.82 bits per heavy atom. The van der Waals surface area contributed by atoms with Crippen molar-refractivity contribution in [3.8, 4) is 0 Å². The molecule has 3 aliphatic carbocycles. The van der Waals surface area contributed by atoms with Crippen LogP contribution in [0.3, 0.4) is 0 Å². The van der Waals surface area contributed by atoms with Crippen LogP contribution in [0.2, 0.25) is 0 Å². The monoisotopic (exact) mass is 543 g/mol. The Labute approximate surface area is 234 Å². The number of carbonyl (C=O) groups excluding carboxylic acids is 2. The summed E-state index contributed by atoms with van der Waals surface area (Å²) >= 11 is 0. The molecule has 2 heterocycles. The number of carbonyl (C=O) groups is 2. The molecule has 0 radical (unpaired) electrons. The lowest BCUT2D eigenvalue weighted by Crippen LogP contribution is -2.73. The number of fused-ring (bicyclic) bond motifs is 1. The second-order valence-corrected chi connectivity index (χ2v) is 12.8. The zero-order valence-electron chi connectivity index (χ0n) is 24.3. The van der Waals surface area contributed by atoms with Crippen LogP contribution in [0.1, 0.15) is 104 Å². The molecule has 0 aromatic carbocycles. The summed E-state index contributed by atoms with van der Waals surface area (Å²) in [7, 11) is 0. The summed E-state index contributed by atoms with van der Waals surface area (Å²) in [6.45, 7) is 8.21. The van der Waals surface area contributed by atoms with Crippen molar-refractivity contribution in [2.45, 2.75) is 122 Å². The van der Waals surface area contributed by atoms with E-state index in [1.807, 2.05) is 19.9 Å². The Morgan fingerprint density at radius 1 is 1.10 bits per heavy atom. The third-order valence-electron chi connectivity index (χ3n) is 10.3. The molecule has 1 spiro atoms. The second-order valence-electron chi connectivity index (χ2n) is 12.8. The summed E-state index contributed by atoms with van der Waals surface area (Å²) in [4.78, 5) is 28.4. The van der Waals surface area contributed by atoms with Gasteiger partial charge in [0, 0.05) is 24.9 Å². The molecular formula is C32H49NO6. The number of unbranched alkanes of at least 4 members (excludes halogenated alkanes) is 7. The van der Waals surface area contributed by atoms with E-state index in [-0.39, 0.29) is 23.7 Å². The number of rotatable bonds is 14. The predicted molar refractivity (Wildman–Crippen MR) is 149 cm³/mol. The number of nitrogens with zero attached hydrogens (tertiary/aromatic N) is 1. The van der Waals surface area contributed by atoms with E-state index < -0.39 is 23.3 Å². The fourth-order valence-corrected chi connectivity index (χ4v) is 8.00. The number of piperidine rings is 1. The Hall–Kier alpha value is -1.86. The molecule has 2 bridgehead atoms. The lowest BCUT2D eigenvalue weighted by atomic mass is 9.47. The summed E-state index contributed by atoms with van der Waals surface area (Å²) in [5.74, 6) is 1.55. The standard InChI is InChI=1S/C32H49NO6/c1-4-6-7-8-9-10-11-12-19-37-30(35)38-25-16-15-23-20-26-31(3,36)32(17-18-33(26)21-22-13-14-22)27(23)28(25)39-29(32)24(34)5-2/h15-16,22-23,26-27,29,36H,4-14,17-21H2,1-3H3/t23?,26?,27?,29-,31+,32-/m0/s1. The third kappa shape index (κ3) is 5.42. The van der Waals surface area contributed by atoms with Crippen molar-refractivity contribution in [2.24, 2.45) is 23.2 Å². The Kier molecular flexibility index (Phi) is 8.77. The van der Waals surface area contributed by atoms with Crippen LogP contribution < -0.4 is 0 Å². The quantitative estimate of drug-likeness (QED) is 0.203. The van der Waals surface area contributed by atoms with Crippen molar-refractivity contribution in [2.75, 3.05) is 19.7 Å². The number of ketones is 1. The topological polar surface area (TPSA) is 85.3 Å². The molecule has 39 heavy (non-hydrogen) atoms. The van der Waals surface area contributed by atoms with E-state index in [2.05, 4.69) is 17.9 Å². The summed E-state index contributed by atoms with van der Waals surface area (Å²) in [6, 6.07) is -0.0214. The SMILES string of the molecule is CCCCCCCCCCOC(=O)OC1=C2O[C@@H](C(=O)CC)[C@]34CCN(CC5CC5)C(CC(C=C1)C23)[C@@]4(C)O. The van der Waals surface area contributed by atoms with Gasteiger partial charge in [-0.05, 0) is 63.5 Å². The number of allylic oxidation sites excluding steroid dienone is 3. The van der Waals surface area contributed by atoms with Crippen LogP contribution in [0, 0.1) is 23.2 Å². The number of likely N-dealkylation sites (tertiary alicyclic amines) is 1. The van der Waals surface area contributed by atoms with Crippen LogP contribution in [0.4, 0.5) is 4.79 Å². The molecule has 2 aliphatic heterocycles. The average Bonchev–Trinajstić information content (AvgIpc) is 3.66. The highest BCUT2D eigenvalue weighted by atomic mass is 16.7. The van der Waals surface area contributed by atoms with Gasteiger partial charge in [-0.25, -0.2) is 4.79 Å². The highest BCUT2D eigenvalue weighted by Gasteiger charge is 2.74. The number of hydrogen-bond acceptors (Lipinski definition) is 7. The maximum absolute atomic E-state index is 13.3. The molecule has 7 heteroatoms. The van der Waals surface area contributed by atoms with Gasteiger partial charge in [0.15, 0.2) is 17.6 Å². The van der Waals surface area contributed by atoms with Crippen LogP contribution in [-0.2, 0) is 19.0 Å². The second kappa shape index (κ2) is 11.9. The predicted octanol–water partition coefficient (Wildman–Crippen LogP) is 6.30. The van der Waals surface area contributed by atoms with Gasteiger partial charge >= 0.3 is 6.16 Å². The molecule has 0 amide bonds. The van der Waals surface area contributed by atoms with Gasteiger partial charge in [0.05, 0.1) is 17.6 Å². The molecule has 7 nitrogen and oxygen atoms in total. The maximum Gasteiger partial charge on any atom is 0.513 e. The molecule has 5 rings (SSSR count). The minimum atomic E-state index is -1.09. The van der Waals surface area contributed by atoms with Crippen molar-refractivity contribution < 1.29 is 28.9 Å². The van der Waals surface area contributed by atoms with Crippen LogP contribution in [0.25, 0.3) is 0 Å². The average molecular weight is 544 g/mol. The molecule has 2 saturated heterocycles. The molecule has 218 valence electrons. The van der Waals surface area contributed by atoms with E-state index in [0.29, 0.717) is 31.0 Å². The van der Waals surface area contributed by atoms with Crippen LogP contribution in [0.5, 0.6) is 0 Å². The highest BCUT2D eigenvalue weighted by Crippen LogP contribution is 2.67. The first-order valence-corrected chi connectivity index (χ1v) is 15.8. The number of Topliss-reactive ketones (excluding diaryl/α,β-unsaturated/α-hetero) is 1. The molecule has 3 unspecified atom stereocenters. The van der Waals surface area contributed by atoms with Gasteiger partial charge in [-0.15, -0.1) is 0 Å². The van der Waals surface area contributed by atoms with Gasteiger partial charge in [0.1, 0.15) is 5.76 Å². The Morgan fingerprint density at radius 3 is 2.51 bits per heavy atom. The summed E-state index contributed by atoms with van der Waals surface area (Å²) in [5.41, 5.74) is -1.82. The van der Waals surface area contributed by atoms with Crippen molar-refractivity contribution in [3.63, 3.8) is 0 Å². The first-order chi connectivity index (χ1) is 18.8. The third-order valence-corrected chi connectivity index (χ3v) is 10.3. The Bertz CT molecular complexity index is 968. The van der Waals surface area contributed by atoms with Crippen LogP contribution in [-0.4, -0.2) is 59.4 Å². The molecule has 5 aliphatic rings. The van der Waals surface area contributed by atoms with Gasteiger partial charge in [0.25, 0.3) is 0 Å². The van der Waals surface area contributed by atoms with Crippen LogP contribution >= 0.6 is 0 Å². The summed E-state index contributed by atoms with van der Waals surface area (Å²) in [6.07, 6.45) is 16.2. The zero-order chi connectivity index (χ0) is 27.6. The first kappa shape index (κ1) is 28.7. The molecule has 2 saturated carbocycles. The van der Waals surface area contributed by atoms with Gasteiger partial charge in [-0.1, -0.05) is 64.9 Å². The van der Waals surface area contributed by atoms with E-state index in [1.165, 1.54) is 44.9 Å². The minimum Gasteiger partial charge on any atom is -0.482 e. The van der Waals surface area contributed by atoms with Gasteiger partial charge in [-0.3, -0.25) is 9.69 Å². The van der Waals surface area contributed by atoms with E-state index >= 15 is 0 Å². The fourth-order valence-electron chi connectivity index (χ4n) is 8.00. The van der Waals surface area contributed by atoms with E-state index in [1.54, 1.807) is 0 Å². The largest absolute Gasteiger partial charge is 0.513 e. The van der Waals surface area contributed by atoms with E-state index in [0.717, 1.165) is 44.7 Å². The Balaban J connectivity index is 1.26. The highest BCUT2D eigenvalue weighted by molar-refractivity contribution is 5.85. The molecule has 6 atom stereocenters. The minimum absolute atomic E-state index is 0.00355.